The molecule has 0 saturated heterocycles. The van der Waals surface area contributed by atoms with E-state index in [1.54, 1.807) is 0 Å². The van der Waals surface area contributed by atoms with E-state index in [1.165, 1.54) is 15.3 Å². The molecule has 1 rings (SSSR count). The second kappa shape index (κ2) is 7.43. The number of thiophene rings is 1. The van der Waals surface area contributed by atoms with Gasteiger partial charge in [0.25, 0.3) is 0 Å². The van der Waals surface area contributed by atoms with E-state index >= 15 is 0 Å². The van der Waals surface area contributed by atoms with E-state index in [-0.39, 0.29) is 0 Å². The Balaban J connectivity index is 2.70. The number of rotatable bonds is 8. The molecule has 1 aromatic rings. The molecule has 0 aromatic carbocycles. The fraction of sp³-hybridized carbons (Fsp3) is 0.429. The second-order valence-electron chi connectivity index (χ2n) is 4.10. The molecule has 1 heterocycles. The van der Waals surface area contributed by atoms with Crippen molar-refractivity contribution in [3.63, 3.8) is 0 Å². The molecule has 0 atom stereocenters. The van der Waals surface area contributed by atoms with Crippen LogP contribution in [0.1, 0.15) is 15.3 Å². The van der Waals surface area contributed by atoms with Crippen LogP contribution < -0.4 is 5.32 Å². The van der Waals surface area contributed by atoms with E-state index in [1.807, 2.05) is 30.5 Å². The minimum absolute atomic E-state index is 0.905. The Hall–Kier alpha value is -0.900. The van der Waals surface area contributed by atoms with Gasteiger partial charge >= 0.3 is 0 Å². The number of nitrogens with one attached hydrogen (secondary N) is 1. The second-order valence-corrected chi connectivity index (χ2v) is 5.44. The molecule has 0 unspecified atom stereocenters. The molecule has 2 nitrogen and oxygen atoms in total. The first-order chi connectivity index (χ1) is 8.21. The lowest BCUT2D eigenvalue weighted by atomic mass is 10.2. The van der Waals surface area contributed by atoms with Crippen molar-refractivity contribution < 1.29 is 0 Å². The topological polar surface area (TPSA) is 15.3 Å². The first kappa shape index (κ1) is 14.2. The van der Waals surface area contributed by atoms with E-state index in [0.29, 0.717) is 0 Å². The fourth-order valence-corrected chi connectivity index (χ4v) is 2.88. The highest BCUT2D eigenvalue weighted by atomic mass is 32.1. The molecular weight excluding hydrogens is 228 g/mol. The summed E-state index contributed by atoms with van der Waals surface area (Å²) >= 11 is 1.88. The van der Waals surface area contributed by atoms with Gasteiger partial charge in [-0.25, -0.2) is 0 Å². The third-order valence-electron chi connectivity index (χ3n) is 2.59. The van der Waals surface area contributed by atoms with Crippen molar-refractivity contribution in [2.75, 3.05) is 20.1 Å². The Morgan fingerprint density at radius 3 is 2.53 bits per heavy atom. The van der Waals surface area contributed by atoms with Crippen LogP contribution in [-0.2, 0) is 13.1 Å². The van der Waals surface area contributed by atoms with Crippen molar-refractivity contribution >= 4 is 11.3 Å². The van der Waals surface area contributed by atoms with Crippen LogP contribution in [0.3, 0.4) is 0 Å². The van der Waals surface area contributed by atoms with E-state index in [0.717, 1.165) is 26.2 Å². The number of hydrogen-bond acceptors (Lipinski definition) is 3. The van der Waals surface area contributed by atoms with E-state index in [9.17, 15) is 0 Å². The van der Waals surface area contributed by atoms with Crippen molar-refractivity contribution in [2.45, 2.75) is 20.0 Å². The molecule has 0 amide bonds. The van der Waals surface area contributed by atoms with Crippen molar-refractivity contribution in [3.05, 3.63) is 46.7 Å². The normalized spacial score (nSPS) is 10.8. The molecule has 0 aliphatic carbocycles. The summed E-state index contributed by atoms with van der Waals surface area (Å²) in [6.07, 6.45) is 3.89. The molecule has 0 bridgehead atoms. The summed E-state index contributed by atoms with van der Waals surface area (Å²) in [6.45, 7) is 13.5. The average Bonchev–Trinajstić information content (AvgIpc) is 2.60. The van der Waals surface area contributed by atoms with Gasteiger partial charge in [0, 0.05) is 35.9 Å². The molecule has 94 valence electrons. The predicted molar refractivity (Wildman–Crippen MR) is 77.5 cm³/mol. The summed E-state index contributed by atoms with van der Waals surface area (Å²) in [5.41, 5.74) is 1.42. The van der Waals surface area contributed by atoms with Crippen molar-refractivity contribution in [1.82, 2.24) is 10.2 Å². The quantitative estimate of drug-likeness (QED) is 0.714. The maximum atomic E-state index is 3.80. The van der Waals surface area contributed by atoms with Gasteiger partial charge in [-0.2, -0.15) is 0 Å². The van der Waals surface area contributed by atoms with Crippen LogP contribution in [0.5, 0.6) is 0 Å². The van der Waals surface area contributed by atoms with E-state index < -0.39 is 0 Å². The lowest BCUT2D eigenvalue weighted by Crippen LogP contribution is -2.23. The molecule has 0 saturated carbocycles. The molecule has 0 aliphatic rings. The van der Waals surface area contributed by atoms with Gasteiger partial charge in [-0.1, -0.05) is 12.2 Å². The lowest BCUT2D eigenvalue weighted by Gasteiger charge is -2.18. The van der Waals surface area contributed by atoms with Crippen LogP contribution in [0.2, 0.25) is 0 Å². The molecule has 1 aromatic heterocycles. The SMILES string of the molecule is C=CCN(CC=C)Cc1cc(CNC)sc1C. The molecule has 0 aliphatic heterocycles. The third-order valence-corrected chi connectivity index (χ3v) is 3.68. The average molecular weight is 250 g/mol. The summed E-state index contributed by atoms with van der Waals surface area (Å²) in [5.74, 6) is 0. The van der Waals surface area contributed by atoms with E-state index in [4.69, 9.17) is 0 Å². The Kier molecular flexibility index (Phi) is 6.19. The summed E-state index contributed by atoms with van der Waals surface area (Å²) in [5, 5.41) is 3.19. The number of aryl methyl sites for hydroxylation is 1. The van der Waals surface area contributed by atoms with Crippen LogP contribution in [0.4, 0.5) is 0 Å². The summed E-state index contributed by atoms with van der Waals surface area (Å²) in [7, 11) is 1.98. The Bertz CT molecular complexity index is 358. The van der Waals surface area contributed by atoms with Crippen LogP contribution in [-0.4, -0.2) is 25.0 Å². The van der Waals surface area contributed by atoms with Gasteiger partial charge in [0.1, 0.15) is 0 Å². The highest BCUT2D eigenvalue weighted by Crippen LogP contribution is 2.22. The van der Waals surface area contributed by atoms with Gasteiger partial charge in [-0.05, 0) is 25.6 Å². The largest absolute Gasteiger partial charge is 0.315 e. The van der Waals surface area contributed by atoms with E-state index in [2.05, 4.69) is 36.4 Å². The van der Waals surface area contributed by atoms with Crippen molar-refractivity contribution in [2.24, 2.45) is 0 Å². The maximum Gasteiger partial charge on any atom is 0.0296 e. The first-order valence-corrected chi connectivity index (χ1v) is 6.69. The van der Waals surface area contributed by atoms with Crippen LogP contribution in [0.15, 0.2) is 31.4 Å². The molecule has 1 N–H and O–H groups in total. The maximum absolute atomic E-state index is 3.80. The highest BCUT2D eigenvalue weighted by molar-refractivity contribution is 7.12. The van der Waals surface area contributed by atoms with Gasteiger partial charge in [-0.15, -0.1) is 24.5 Å². The van der Waals surface area contributed by atoms with Crippen molar-refractivity contribution in [3.8, 4) is 0 Å². The molecule has 17 heavy (non-hydrogen) atoms. The summed E-state index contributed by atoms with van der Waals surface area (Å²) in [6, 6.07) is 2.30. The number of nitrogens with zero attached hydrogens (tertiary/aromatic N) is 1. The zero-order valence-corrected chi connectivity index (χ0v) is 11.6. The Morgan fingerprint density at radius 2 is 2.00 bits per heavy atom. The molecule has 3 heteroatoms. The predicted octanol–water partition coefficient (Wildman–Crippen LogP) is 2.95. The minimum atomic E-state index is 0.905. The smallest absolute Gasteiger partial charge is 0.0296 e. The minimum Gasteiger partial charge on any atom is -0.315 e. The summed E-state index contributed by atoms with van der Waals surface area (Å²) in [4.78, 5) is 5.14. The molecular formula is C14H22N2S. The number of hydrogen-bond donors (Lipinski definition) is 1. The van der Waals surface area contributed by atoms with Gasteiger partial charge in [0.05, 0.1) is 0 Å². The lowest BCUT2D eigenvalue weighted by molar-refractivity contribution is 0.327. The highest BCUT2D eigenvalue weighted by Gasteiger charge is 2.08. The molecule has 0 spiro atoms. The fourth-order valence-electron chi connectivity index (χ4n) is 1.82. The Morgan fingerprint density at radius 1 is 1.35 bits per heavy atom. The van der Waals surface area contributed by atoms with Crippen LogP contribution in [0, 0.1) is 6.92 Å². The van der Waals surface area contributed by atoms with Crippen LogP contribution >= 0.6 is 11.3 Å². The monoisotopic (exact) mass is 250 g/mol. The van der Waals surface area contributed by atoms with Gasteiger partial charge in [-0.3, -0.25) is 4.90 Å². The van der Waals surface area contributed by atoms with Gasteiger partial charge in [0.2, 0.25) is 0 Å². The standard InChI is InChI=1S/C14H22N2S/c1-5-7-16(8-6-2)11-13-9-14(10-15-4)17-12(13)3/h5-6,9,15H,1-2,7-8,10-11H2,3-4H3. The first-order valence-electron chi connectivity index (χ1n) is 5.88. The zero-order valence-electron chi connectivity index (χ0n) is 10.8. The van der Waals surface area contributed by atoms with Crippen molar-refractivity contribution in [1.29, 1.82) is 0 Å². The molecule has 0 fully saturated rings. The Labute approximate surface area is 109 Å². The van der Waals surface area contributed by atoms with Crippen LogP contribution in [0.25, 0.3) is 0 Å². The van der Waals surface area contributed by atoms with Gasteiger partial charge < -0.3 is 5.32 Å². The van der Waals surface area contributed by atoms with Gasteiger partial charge in [0.15, 0.2) is 0 Å². The third kappa shape index (κ3) is 4.46. The molecule has 0 radical (unpaired) electrons. The zero-order chi connectivity index (χ0) is 12.7. The summed E-state index contributed by atoms with van der Waals surface area (Å²) < 4.78 is 0.